The molecule has 11 heteroatoms. The summed E-state index contributed by atoms with van der Waals surface area (Å²) >= 11 is 3.17. The Hall–Kier alpha value is -2.14. The molecule has 2 aliphatic rings. The molecule has 1 saturated carbocycles. The van der Waals surface area contributed by atoms with E-state index in [1.165, 1.54) is 11.0 Å². The van der Waals surface area contributed by atoms with Gasteiger partial charge in [0.05, 0.1) is 11.3 Å². The minimum absolute atomic E-state index is 0.0583. The smallest absolute Gasteiger partial charge is 0.312 e. The van der Waals surface area contributed by atoms with Crippen LogP contribution < -0.4 is 9.62 Å². The summed E-state index contributed by atoms with van der Waals surface area (Å²) in [4.78, 5) is 13.7. The Balaban J connectivity index is 1.70. The number of halogens is 5. The van der Waals surface area contributed by atoms with Gasteiger partial charge in [-0.3, -0.25) is 9.52 Å². The summed E-state index contributed by atoms with van der Waals surface area (Å²) in [5.41, 5.74) is -0.779. The standard InChI is InChI=1S/C19H15BrF4N2O3S/c20-13-7-11-5-6-26(18(27)10-1-2-10)16(11)9-17(13)30(28,29)25-15-8-12(19(22,23)24)3-4-14(15)21/h3-4,7-10,25H,1-2,5-6H2. The minimum Gasteiger partial charge on any atom is -0.312 e. The van der Waals surface area contributed by atoms with Crippen LogP contribution in [-0.2, 0) is 27.4 Å². The first-order valence-corrected chi connectivity index (χ1v) is 11.3. The van der Waals surface area contributed by atoms with Crippen LogP contribution in [0, 0.1) is 11.7 Å². The van der Waals surface area contributed by atoms with Crippen LogP contribution in [0.4, 0.5) is 28.9 Å². The van der Waals surface area contributed by atoms with Crippen molar-refractivity contribution in [1.82, 2.24) is 0 Å². The highest BCUT2D eigenvalue weighted by Crippen LogP contribution is 2.40. The maximum Gasteiger partial charge on any atom is 0.416 e. The van der Waals surface area contributed by atoms with Gasteiger partial charge in [0.1, 0.15) is 10.7 Å². The van der Waals surface area contributed by atoms with Gasteiger partial charge in [0.25, 0.3) is 10.0 Å². The van der Waals surface area contributed by atoms with Gasteiger partial charge in [-0.25, -0.2) is 12.8 Å². The number of fused-ring (bicyclic) bond motifs is 1. The van der Waals surface area contributed by atoms with Crippen molar-refractivity contribution in [3.05, 3.63) is 51.7 Å². The second-order valence-electron chi connectivity index (χ2n) is 7.22. The summed E-state index contributed by atoms with van der Waals surface area (Å²) in [7, 11) is -4.45. The Morgan fingerprint density at radius 3 is 2.50 bits per heavy atom. The maximum atomic E-state index is 14.0. The molecule has 0 atom stereocenters. The van der Waals surface area contributed by atoms with E-state index in [-0.39, 0.29) is 21.2 Å². The number of hydrogen-bond donors (Lipinski definition) is 1. The number of carbonyl (C=O) groups is 1. The molecule has 0 bridgehead atoms. The zero-order valence-electron chi connectivity index (χ0n) is 15.3. The molecule has 2 aromatic rings. The molecule has 1 heterocycles. The molecular weight excluding hydrogens is 492 g/mol. The minimum atomic E-state index is -4.76. The predicted molar refractivity (Wildman–Crippen MR) is 105 cm³/mol. The Labute approximate surface area is 178 Å². The van der Waals surface area contributed by atoms with Crippen molar-refractivity contribution >= 4 is 43.2 Å². The fourth-order valence-electron chi connectivity index (χ4n) is 3.35. The van der Waals surface area contributed by atoms with Crippen molar-refractivity contribution in [3.8, 4) is 0 Å². The first kappa shape index (κ1) is 21.1. The van der Waals surface area contributed by atoms with E-state index in [2.05, 4.69) is 15.9 Å². The number of rotatable bonds is 4. The van der Waals surface area contributed by atoms with E-state index in [0.717, 1.165) is 18.4 Å². The highest BCUT2D eigenvalue weighted by molar-refractivity contribution is 9.10. The van der Waals surface area contributed by atoms with E-state index in [0.29, 0.717) is 36.9 Å². The summed E-state index contributed by atoms with van der Waals surface area (Å²) < 4.78 is 80.6. The average molecular weight is 507 g/mol. The number of hydrogen-bond acceptors (Lipinski definition) is 3. The number of alkyl halides is 3. The predicted octanol–water partition coefficient (Wildman–Crippen LogP) is 4.71. The molecular formula is C19H15BrF4N2O3S. The molecule has 4 rings (SSSR count). The van der Waals surface area contributed by atoms with Gasteiger partial charge in [0.2, 0.25) is 5.91 Å². The fraction of sp³-hybridized carbons (Fsp3) is 0.316. The van der Waals surface area contributed by atoms with Gasteiger partial charge in [-0.15, -0.1) is 0 Å². The molecule has 1 N–H and O–H groups in total. The SMILES string of the molecule is O=C(C1CC1)N1CCc2cc(Br)c(S(=O)(=O)Nc3cc(C(F)(F)F)ccc3F)cc21. The second kappa shape index (κ2) is 7.23. The van der Waals surface area contributed by atoms with Crippen molar-refractivity contribution in [3.63, 3.8) is 0 Å². The third-order valence-electron chi connectivity index (χ3n) is 5.05. The lowest BCUT2D eigenvalue weighted by atomic mass is 10.2. The lowest BCUT2D eigenvalue weighted by Crippen LogP contribution is -2.30. The molecule has 0 spiro atoms. The first-order chi connectivity index (χ1) is 14.0. The lowest BCUT2D eigenvalue weighted by Gasteiger charge is -2.19. The van der Waals surface area contributed by atoms with Gasteiger partial charge in [0.15, 0.2) is 0 Å². The molecule has 1 aliphatic carbocycles. The molecule has 160 valence electrons. The van der Waals surface area contributed by atoms with Crippen molar-refractivity contribution in [1.29, 1.82) is 0 Å². The van der Waals surface area contributed by atoms with Crippen molar-refractivity contribution in [2.75, 3.05) is 16.2 Å². The van der Waals surface area contributed by atoms with Crippen LogP contribution in [0.15, 0.2) is 39.7 Å². The van der Waals surface area contributed by atoms with E-state index >= 15 is 0 Å². The molecule has 0 saturated heterocycles. The van der Waals surface area contributed by atoms with Crippen LogP contribution in [0.2, 0.25) is 0 Å². The Bertz CT molecular complexity index is 1150. The number of anilines is 2. The molecule has 2 aromatic carbocycles. The molecule has 1 aliphatic heterocycles. The molecule has 0 radical (unpaired) electrons. The number of nitrogens with zero attached hydrogens (tertiary/aromatic N) is 1. The molecule has 1 amide bonds. The van der Waals surface area contributed by atoms with Crippen molar-refractivity contribution < 1.29 is 30.8 Å². The fourth-order valence-corrected chi connectivity index (χ4v) is 5.52. The largest absolute Gasteiger partial charge is 0.416 e. The third-order valence-corrected chi connectivity index (χ3v) is 7.37. The van der Waals surface area contributed by atoms with Crippen LogP contribution >= 0.6 is 15.9 Å². The molecule has 1 fully saturated rings. The van der Waals surface area contributed by atoms with Gasteiger partial charge in [-0.1, -0.05) is 0 Å². The summed E-state index contributed by atoms with van der Waals surface area (Å²) in [6, 6.07) is 4.33. The van der Waals surface area contributed by atoms with Crippen LogP contribution in [-0.4, -0.2) is 20.9 Å². The summed E-state index contributed by atoms with van der Waals surface area (Å²) in [6.07, 6.45) is -2.61. The second-order valence-corrected chi connectivity index (χ2v) is 9.73. The van der Waals surface area contributed by atoms with Crippen LogP contribution in [0.3, 0.4) is 0 Å². The van der Waals surface area contributed by atoms with Crippen LogP contribution in [0.5, 0.6) is 0 Å². The highest BCUT2D eigenvalue weighted by atomic mass is 79.9. The normalized spacial score (nSPS) is 16.5. The number of benzene rings is 2. The zero-order valence-corrected chi connectivity index (χ0v) is 17.7. The number of sulfonamides is 1. The van der Waals surface area contributed by atoms with E-state index in [1.54, 1.807) is 6.07 Å². The monoisotopic (exact) mass is 506 g/mol. The summed E-state index contributed by atoms with van der Waals surface area (Å²) in [5.74, 6) is -1.28. The first-order valence-electron chi connectivity index (χ1n) is 9.01. The Morgan fingerprint density at radius 1 is 1.17 bits per heavy atom. The lowest BCUT2D eigenvalue weighted by molar-refractivity contribution is -0.137. The summed E-state index contributed by atoms with van der Waals surface area (Å²) in [6.45, 7) is 0.427. The average Bonchev–Trinajstić information content (AvgIpc) is 3.41. The molecule has 0 aromatic heterocycles. The number of amides is 1. The topological polar surface area (TPSA) is 66.5 Å². The van der Waals surface area contributed by atoms with E-state index < -0.39 is 33.3 Å². The van der Waals surface area contributed by atoms with Crippen LogP contribution in [0.25, 0.3) is 0 Å². The number of carbonyl (C=O) groups excluding carboxylic acids is 1. The number of nitrogens with one attached hydrogen (secondary N) is 1. The van der Waals surface area contributed by atoms with Gasteiger partial charge in [0, 0.05) is 22.6 Å². The van der Waals surface area contributed by atoms with E-state index in [9.17, 15) is 30.8 Å². The highest BCUT2D eigenvalue weighted by Gasteiger charge is 2.37. The quantitative estimate of drug-likeness (QED) is 0.610. The van der Waals surface area contributed by atoms with Gasteiger partial charge >= 0.3 is 6.18 Å². The Kier molecular flexibility index (Phi) is 5.08. The Morgan fingerprint density at radius 2 is 1.87 bits per heavy atom. The van der Waals surface area contributed by atoms with Crippen molar-refractivity contribution in [2.45, 2.75) is 30.3 Å². The van der Waals surface area contributed by atoms with Gasteiger partial charge in [-0.05, 0) is 71.1 Å². The van der Waals surface area contributed by atoms with Crippen LogP contribution in [0.1, 0.15) is 24.0 Å². The van der Waals surface area contributed by atoms with E-state index in [1.807, 2.05) is 4.72 Å². The van der Waals surface area contributed by atoms with Crippen molar-refractivity contribution in [2.24, 2.45) is 5.92 Å². The van der Waals surface area contributed by atoms with Gasteiger partial charge in [-0.2, -0.15) is 13.2 Å². The molecule has 0 unspecified atom stereocenters. The molecule has 30 heavy (non-hydrogen) atoms. The zero-order chi connectivity index (χ0) is 21.8. The molecule has 5 nitrogen and oxygen atoms in total. The van der Waals surface area contributed by atoms with Gasteiger partial charge < -0.3 is 4.90 Å². The summed E-state index contributed by atoms with van der Waals surface area (Å²) in [5, 5.41) is 0. The maximum absolute atomic E-state index is 14.0. The van der Waals surface area contributed by atoms with E-state index in [4.69, 9.17) is 0 Å². The third kappa shape index (κ3) is 3.92.